The van der Waals surface area contributed by atoms with Crippen LogP contribution in [0.2, 0.25) is 0 Å². The first-order valence-electron chi connectivity index (χ1n) is 8.27. The lowest BCUT2D eigenvalue weighted by Gasteiger charge is -2.41. The molecule has 1 saturated carbocycles. The van der Waals surface area contributed by atoms with Gasteiger partial charge in [0.25, 0.3) is 0 Å². The van der Waals surface area contributed by atoms with Crippen LogP contribution in [0.1, 0.15) is 72.1 Å². The second-order valence-corrected chi connectivity index (χ2v) is 6.41. The van der Waals surface area contributed by atoms with Gasteiger partial charge in [0.05, 0.1) is 0 Å². The highest BCUT2D eigenvalue weighted by Crippen LogP contribution is 2.34. The van der Waals surface area contributed by atoms with Crippen LogP contribution in [0, 0.1) is 0 Å². The van der Waals surface area contributed by atoms with E-state index in [1.807, 2.05) is 0 Å². The fourth-order valence-electron chi connectivity index (χ4n) is 4.13. The van der Waals surface area contributed by atoms with Gasteiger partial charge in [-0.25, -0.2) is 0 Å². The van der Waals surface area contributed by atoms with Crippen LogP contribution in [0.5, 0.6) is 0 Å². The van der Waals surface area contributed by atoms with E-state index >= 15 is 0 Å². The number of rotatable bonds is 5. The highest BCUT2D eigenvalue weighted by molar-refractivity contribution is 4.93. The lowest BCUT2D eigenvalue weighted by molar-refractivity contribution is 0.0920. The summed E-state index contributed by atoms with van der Waals surface area (Å²) in [5.74, 6) is 0. The normalized spacial score (nSPS) is 38.2. The second kappa shape index (κ2) is 6.91. The quantitative estimate of drug-likeness (QED) is 0.805. The highest BCUT2D eigenvalue weighted by atomic mass is 15.2. The zero-order chi connectivity index (χ0) is 13.0. The molecule has 2 fully saturated rings. The molecule has 1 aliphatic carbocycles. The smallest absolute Gasteiger partial charge is 0.0116 e. The van der Waals surface area contributed by atoms with Gasteiger partial charge in [-0.15, -0.1) is 0 Å². The van der Waals surface area contributed by atoms with Crippen LogP contribution in [0.25, 0.3) is 0 Å². The molecule has 0 aromatic carbocycles. The Morgan fingerprint density at radius 3 is 2.67 bits per heavy atom. The Morgan fingerprint density at radius 2 is 1.94 bits per heavy atom. The number of likely N-dealkylation sites (tertiary alicyclic amines) is 1. The molecule has 2 heteroatoms. The molecule has 0 amide bonds. The topological polar surface area (TPSA) is 15.3 Å². The van der Waals surface area contributed by atoms with E-state index in [1.54, 1.807) is 0 Å². The molecule has 18 heavy (non-hydrogen) atoms. The molecule has 0 aromatic heterocycles. The number of nitrogens with zero attached hydrogens (tertiary/aromatic N) is 1. The molecular weight excluding hydrogens is 220 g/mol. The molecule has 1 heterocycles. The summed E-state index contributed by atoms with van der Waals surface area (Å²) in [5, 5.41) is 3.75. The average molecular weight is 252 g/mol. The molecule has 0 bridgehead atoms. The third-order valence-corrected chi connectivity index (χ3v) is 5.07. The van der Waals surface area contributed by atoms with Gasteiger partial charge >= 0.3 is 0 Å². The molecule has 1 N–H and O–H groups in total. The first-order chi connectivity index (χ1) is 8.76. The zero-order valence-corrected chi connectivity index (χ0v) is 12.6. The van der Waals surface area contributed by atoms with E-state index in [4.69, 9.17) is 0 Å². The third-order valence-electron chi connectivity index (χ3n) is 5.07. The van der Waals surface area contributed by atoms with E-state index in [9.17, 15) is 0 Å². The molecule has 0 radical (unpaired) electrons. The van der Waals surface area contributed by atoms with Crippen LogP contribution in [-0.4, -0.2) is 35.6 Å². The van der Waals surface area contributed by atoms with Crippen LogP contribution in [0.4, 0.5) is 0 Å². The summed E-state index contributed by atoms with van der Waals surface area (Å²) in [6.07, 6.45) is 11.1. The maximum atomic E-state index is 3.75. The van der Waals surface area contributed by atoms with Crippen LogP contribution < -0.4 is 5.32 Å². The first-order valence-corrected chi connectivity index (χ1v) is 8.27. The SMILES string of the molecule is CCCNC1CCCC(N2C(C)CCC2CC)C1. The van der Waals surface area contributed by atoms with Crippen molar-refractivity contribution in [1.29, 1.82) is 0 Å². The highest BCUT2D eigenvalue weighted by Gasteiger charge is 2.36. The van der Waals surface area contributed by atoms with Crippen molar-refractivity contribution in [1.82, 2.24) is 10.2 Å². The number of hydrogen-bond donors (Lipinski definition) is 1. The number of hydrogen-bond acceptors (Lipinski definition) is 2. The van der Waals surface area contributed by atoms with Crippen molar-refractivity contribution in [2.45, 2.75) is 96.3 Å². The van der Waals surface area contributed by atoms with E-state index in [-0.39, 0.29) is 0 Å². The Hall–Kier alpha value is -0.0800. The minimum Gasteiger partial charge on any atom is -0.314 e. The lowest BCUT2D eigenvalue weighted by atomic mass is 9.89. The van der Waals surface area contributed by atoms with Crippen molar-refractivity contribution in [3.8, 4) is 0 Å². The molecule has 106 valence electrons. The molecule has 4 atom stereocenters. The summed E-state index contributed by atoms with van der Waals surface area (Å²) >= 11 is 0. The summed E-state index contributed by atoms with van der Waals surface area (Å²) in [5.41, 5.74) is 0. The predicted molar refractivity (Wildman–Crippen MR) is 79.0 cm³/mol. The van der Waals surface area contributed by atoms with E-state index in [0.717, 1.165) is 24.2 Å². The van der Waals surface area contributed by atoms with Gasteiger partial charge in [-0.1, -0.05) is 20.3 Å². The van der Waals surface area contributed by atoms with Crippen LogP contribution >= 0.6 is 0 Å². The van der Waals surface area contributed by atoms with E-state index in [2.05, 4.69) is 31.0 Å². The lowest BCUT2D eigenvalue weighted by Crippen LogP contribution is -2.48. The van der Waals surface area contributed by atoms with Crippen LogP contribution in [0.3, 0.4) is 0 Å². The molecule has 4 unspecified atom stereocenters. The van der Waals surface area contributed by atoms with Crippen molar-refractivity contribution >= 4 is 0 Å². The average Bonchev–Trinajstić information content (AvgIpc) is 2.78. The fourth-order valence-corrected chi connectivity index (χ4v) is 4.13. The Kier molecular flexibility index (Phi) is 5.50. The summed E-state index contributed by atoms with van der Waals surface area (Å²) in [6, 6.07) is 3.34. The molecule has 2 nitrogen and oxygen atoms in total. The Labute approximate surface area is 114 Å². The third kappa shape index (κ3) is 3.27. The molecule has 2 rings (SSSR count). The summed E-state index contributed by atoms with van der Waals surface area (Å²) < 4.78 is 0. The van der Waals surface area contributed by atoms with Crippen molar-refractivity contribution in [3.05, 3.63) is 0 Å². The zero-order valence-electron chi connectivity index (χ0n) is 12.6. The summed E-state index contributed by atoms with van der Waals surface area (Å²) in [4.78, 5) is 2.87. The standard InChI is InChI=1S/C16H32N2/c1-4-11-17-14-7-6-8-16(12-14)18-13(3)9-10-15(18)5-2/h13-17H,4-12H2,1-3H3. The van der Waals surface area contributed by atoms with Crippen molar-refractivity contribution in [3.63, 3.8) is 0 Å². The molecule has 1 aliphatic heterocycles. The minimum absolute atomic E-state index is 0.786. The maximum Gasteiger partial charge on any atom is 0.0116 e. The van der Waals surface area contributed by atoms with Crippen molar-refractivity contribution in [2.75, 3.05) is 6.54 Å². The predicted octanol–water partition coefficient (Wildman–Crippen LogP) is 3.56. The Balaban J connectivity index is 1.90. The van der Waals surface area contributed by atoms with Gasteiger partial charge in [0.2, 0.25) is 0 Å². The van der Waals surface area contributed by atoms with Gasteiger partial charge in [0, 0.05) is 24.2 Å². The summed E-state index contributed by atoms with van der Waals surface area (Å²) in [7, 11) is 0. The molecule has 0 spiro atoms. The van der Waals surface area contributed by atoms with Gasteiger partial charge in [-0.05, 0) is 58.4 Å². The second-order valence-electron chi connectivity index (χ2n) is 6.41. The molecule has 2 aliphatic rings. The largest absolute Gasteiger partial charge is 0.314 e. The van der Waals surface area contributed by atoms with Gasteiger partial charge in [0.1, 0.15) is 0 Å². The Morgan fingerprint density at radius 1 is 1.11 bits per heavy atom. The molecule has 1 saturated heterocycles. The van der Waals surface area contributed by atoms with Crippen LogP contribution in [0.15, 0.2) is 0 Å². The maximum absolute atomic E-state index is 3.75. The van der Waals surface area contributed by atoms with Gasteiger partial charge in [0.15, 0.2) is 0 Å². The van der Waals surface area contributed by atoms with Crippen molar-refractivity contribution < 1.29 is 0 Å². The Bertz CT molecular complexity index is 241. The van der Waals surface area contributed by atoms with Gasteiger partial charge in [-0.3, -0.25) is 4.90 Å². The van der Waals surface area contributed by atoms with Crippen LogP contribution in [-0.2, 0) is 0 Å². The first kappa shape index (κ1) is 14.3. The number of nitrogens with one attached hydrogen (secondary N) is 1. The molecular formula is C16H32N2. The molecule has 0 aromatic rings. The van der Waals surface area contributed by atoms with E-state index in [0.29, 0.717) is 0 Å². The fraction of sp³-hybridized carbons (Fsp3) is 1.00. The van der Waals surface area contributed by atoms with E-state index < -0.39 is 0 Å². The van der Waals surface area contributed by atoms with Crippen molar-refractivity contribution in [2.24, 2.45) is 0 Å². The summed E-state index contributed by atoms with van der Waals surface area (Å²) in [6.45, 7) is 8.28. The van der Waals surface area contributed by atoms with E-state index in [1.165, 1.54) is 57.9 Å². The van der Waals surface area contributed by atoms with Gasteiger partial charge in [-0.2, -0.15) is 0 Å². The van der Waals surface area contributed by atoms with Gasteiger partial charge < -0.3 is 5.32 Å². The minimum atomic E-state index is 0.786. The monoisotopic (exact) mass is 252 g/mol.